The van der Waals surface area contributed by atoms with Crippen LogP contribution in [0.5, 0.6) is 0 Å². The van der Waals surface area contributed by atoms with Crippen LogP contribution in [-0.4, -0.2) is 135 Å². The van der Waals surface area contributed by atoms with Gasteiger partial charge in [-0.15, -0.1) is 0 Å². The van der Waals surface area contributed by atoms with Crippen molar-refractivity contribution < 1.29 is 46.0 Å². The van der Waals surface area contributed by atoms with E-state index in [9.17, 15) is 0 Å². The van der Waals surface area contributed by atoms with Gasteiger partial charge in [-0.2, -0.15) is 16.8 Å². The maximum atomic E-state index is 8.74. The SMILES string of the molecule is O.O.O=S(=O)(O)O.O=S(=O)(O)O.[CaH2].[KH]. The standard InChI is InChI=1S/Ca.K.2H2O4S.2H2O.3H/c;;2*1-5(2,3)4;;;;;/h;;2*(H2,1,2,3,4);2*1H2;;;. The number of rotatable bonds is 0. The monoisotopic (exact) mass is 314 g/mol. The summed E-state index contributed by atoms with van der Waals surface area (Å²) >= 11 is 0. The second-order valence-corrected chi connectivity index (χ2v) is 2.69. The summed E-state index contributed by atoms with van der Waals surface area (Å²) in [6.45, 7) is 0. The molecule has 0 fully saturated rings. The molecule has 0 saturated carbocycles. The molecule has 10 nitrogen and oxygen atoms in total. The van der Waals surface area contributed by atoms with Gasteiger partial charge in [0, 0.05) is 0 Å². The first kappa shape index (κ1) is 36.0. The summed E-state index contributed by atoms with van der Waals surface area (Å²) in [7, 11) is -9.33. The molecule has 14 heteroatoms. The van der Waals surface area contributed by atoms with E-state index in [0.29, 0.717) is 0 Å². The third-order valence-electron chi connectivity index (χ3n) is 0. The van der Waals surface area contributed by atoms with Gasteiger partial charge in [-0.25, -0.2) is 0 Å². The predicted molar refractivity (Wildman–Crippen MR) is 51.3 cm³/mol. The molecule has 0 amide bonds. The fourth-order valence-electron chi connectivity index (χ4n) is 0. The van der Waals surface area contributed by atoms with E-state index in [2.05, 4.69) is 0 Å². The molecule has 14 heavy (non-hydrogen) atoms. The Morgan fingerprint density at radius 3 is 0.643 bits per heavy atom. The van der Waals surface area contributed by atoms with Crippen molar-refractivity contribution in [2.45, 2.75) is 0 Å². The molecular weight excluding hydrogens is 303 g/mol. The van der Waals surface area contributed by atoms with Gasteiger partial charge in [-0.1, -0.05) is 0 Å². The predicted octanol–water partition coefficient (Wildman–Crippen LogP) is -4.52. The van der Waals surface area contributed by atoms with Crippen molar-refractivity contribution in [2.75, 3.05) is 0 Å². The molecule has 0 bridgehead atoms. The topological polar surface area (TPSA) is 212 Å². The van der Waals surface area contributed by atoms with Crippen LogP contribution < -0.4 is 0 Å². The second kappa shape index (κ2) is 15.6. The fraction of sp³-hybridized carbons (Fsp3) is 0. The summed E-state index contributed by atoms with van der Waals surface area (Å²) in [6.07, 6.45) is 0. The van der Waals surface area contributed by atoms with E-state index in [1.54, 1.807) is 0 Å². The van der Waals surface area contributed by atoms with Crippen LogP contribution in [0.15, 0.2) is 0 Å². The second-order valence-electron chi connectivity index (χ2n) is 0.896. The molecule has 0 aromatic rings. The van der Waals surface area contributed by atoms with Crippen molar-refractivity contribution in [3.63, 3.8) is 0 Å². The molecule has 0 aliphatic heterocycles. The van der Waals surface area contributed by atoms with Crippen LogP contribution in [0.3, 0.4) is 0 Å². The van der Waals surface area contributed by atoms with Gasteiger partial charge >= 0.3 is 110 Å². The van der Waals surface area contributed by atoms with Crippen molar-refractivity contribution in [3.8, 4) is 0 Å². The van der Waals surface area contributed by atoms with Crippen LogP contribution in [0.4, 0.5) is 0 Å². The molecule has 86 valence electrons. The van der Waals surface area contributed by atoms with Crippen molar-refractivity contribution in [1.82, 2.24) is 0 Å². The van der Waals surface area contributed by atoms with E-state index in [-0.39, 0.29) is 100 Å². The van der Waals surface area contributed by atoms with Crippen LogP contribution in [-0.2, 0) is 20.8 Å². The molecule has 0 atom stereocenters. The summed E-state index contributed by atoms with van der Waals surface area (Å²) < 4.78 is 63.2. The molecule has 0 aromatic carbocycles. The molecule has 0 aliphatic rings. The Kier molecular flexibility index (Phi) is 40.0. The normalized spacial score (nSPS) is 8.29. The van der Waals surface area contributed by atoms with Crippen LogP contribution >= 0.6 is 0 Å². The Hall–Kier alpha value is 2.56. The summed E-state index contributed by atoms with van der Waals surface area (Å²) in [5.74, 6) is 0. The van der Waals surface area contributed by atoms with Crippen molar-refractivity contribution in [2.24, 2.45) is 0 Å². The Morgan fingerprint density at radius 2 is 0.643 bits per heavy atom. The first-order valence-electron chi connectivity index (χ1n) is 1.40. The minimum atomic E-state index is -4.67. The summed E-state index contributed by atoms with van der Waals surface area (Å²) in [4.78, 5) is 0. The van der Waals surface area contributed by atoms with Crippen molar-refractivity contribution in [1.29, 1.82) is 0 Å². The molecule has 0 rings (SSSR count). The minimum absolute atomic E-state index is 0. The Morgan fingerprint density at radius 1 is 0.643 bits per heavy atom. The zero-order valence-corrected chi connectivity index (χ0v) is 6.87. The fourth-order valence-corrected chi connectivity index (χ4v) is 0. The first-order chi connectivity index (χ1) is 4.00. The average Bonchev–Trinajstić information content (AvgIpc) is 1.12. The van der Waals surface area contributed by atoms with Gasteiger partial charge in [-0.3, -0.25) is 18.2 Å². The van der Waals surface area contributed by atoms with E-state index in [1.165, 1.54) is 0 Å². The van der Waals surface area contributed by atoms with Gasteiger partial charge in [0.25, 0.3) is 0 Å². The quantitative estimate of drug-likeness (QED) is 0.252. The van der Waals surface area contributed by atoms with Gasteiger partial charge in [-0.05, 0) is 0 Å². The third-order valence-corrected chi connectivity index (χ3v) is 0. The molecule has 0 aliphatic carbocycles. The molecule has 0 saturated heterocycles. The van der Waals surface area contributed by atoms with E-state index < -0.39 is 20.8 Å². The van der Waals surface area contributed by atoms with Gasteiger partial charge in [0.05, 0.1) is 0 Å². The summed E-state index contributed by atoms with van der Waals surface area (Å²) in [5.41, 5.74) is 0. The Balaban J connectivity index is -0.0000000178. The van der Waals surface area contributed by atoms with Crippen LogP contribution in [0.25, 0.3) is 0 Å². The molecule has 0 radical (unpaired) electrons. The van der Waals surface area contributed by atoms with E-state index >= 15 is 0 Å². The number of hydrogen-bond acceptors (Lipinski definition) is 4. The zero-order chi connectivity index (χ0) is 9.00. The van der Waals surface area contributed by atoms with Gasteiger partial charge in [0.1, 0.15) is 0 Å². The third kappa shape index (κ3) is 409. The van der Waals surface area contributed by atoms with Crippen molar-refractivity contribution in [3.05, 3.63) is 0 Å². The maximum absolute atomic E-state index is 8.74. The van der Waals surface area contributed by atoms with Crippen LogP contribution in [0.2, 0.25) is 0 Å². The van der Waals surface area contributed by atoms with E-state index in [4.69, 9.17) is 35.0 Å². The van der Waals surface area contributed by atoms with E-state index in [0.717, 1.165) is 0 Å². The van der Waals surface area contributed by atoms with Crippen LogP contribution in [0.1, 0.15) is 0 Å². The van der Waals surface area contributed by atoms with Crippen LogP contribution in [0, 0.1) is 0 Å². The molecule has 0 heterocycles. The van der Waals surface area contributed by atoms with Gasteiger partial charge in [0.15, 0.2) is 0 Å². The van der Waals surface area contributed by atoms with E-state index in [1.807, 2.05) is 0 Å². The Bertz CT molecular complexity index is 214. The summed E-state index contributed by atoms with van der Waals surface area (Å²) in [6, 6.07) is 0. The Labute approximate surface area is 153 Å². The molecule has 0 spiro atoms. The first-order valence-corrected chi connectivity index (χ1v) is 4.19. The molecule has 0 aromatic heterocycles. The van der Waals surface area contributed by atoms with Gasteiger partial charge in [0.2, 0.25) is 0 Å². The molecular formula is H11CaKO10S2. The average molecular weight is 314 g/mol. The summed E-state index contributed by atoms with van der Waals surface area (Å²) in [5, 5.41) is 0. The molecule has 0 unspecified atom stereocenters. The number of hydrogen-bond donors (Lipinski definition) is 4. The van der Waals surface area contributed by atoms with Crippen molar-refractivity contribution >= 4 is 110 Å². The zero-order valence-electron chi connectivity index (χ0n) is 5.24. The molecule has 8 N–H and O–H groups in total. The van der Waals surface area contributed by atoms with Gasteiger partial charge < -0.3 is 11.0 Å².